The van der Waals surface area contributed by atoms with Crippen LogP contribution in [0.1, 0.15) is 69.7 Å². The summed E-state index contributed by atoms with van der Waals surface area (Å²) in [6, 6.07) is 26.7. The van der Waals surface area contributed by atoms with E-state index in [0.29, 0.717) is 0 Å². The van der Waals surface area contributed by atoms with Crippen LogP contribution in [0.2, 0.25) is 0 Å². The normalized spacial score (nSPS) is 19.5. The number of hydrogen-bond acceptors (Lipinski definition) is 3. The molecular formula is C48H65N4O2+3. The molecule has 0 amide bonds. The molecule has 286 valence electrons. The van der Waals surface area contributed by atoms with Crippen LogP contribution in [0.15, 0.2) is 114 Å². The zero-order valence-electron chi connectivity index (χ0n) is 35.0. The molecule has 6 nitrogen and oxygen atoms in total. The van der Waals surface area contributed by atoms with Crippen LogP contribution in [0.5, 0.6) is 0 Å². The zero-order valence-corrected chi connectivity index (χ0v) is 35.0. The van der Waals surface area contributed by atoms with Crippen molar-refractivity contribution in [2.45, 2.75) is 64.7 Å². The van der Waals surface area contributed by atoms with Gasteiger partial charge < -0.3 is 23.3 Å². The summed E-state index contributed by atoms with van der Waals surface area (Å²) in [7, 11) is 13.6. The van der Waals surface area contributed by atoms with Gasteiger partial charge in [-0.1, -0.05) is 81.4 Å². The number of para-hydroxylation sites is 2. The van der Waals surface area contributed by atoms with Gasteiger partial charge in [0.15, 0.2) is 12.3 Å². The number of rotatable bonds is 13. The van der Waals surface area contributed by atoms with Gasteiger partial charge in [0.25, 0.3) is 0 Å². The maximum Gasteiger partial charge on any atom is 0.230 e. The molecule has 3 heterocycles. The van der Waals surface area contributed by atoms with Gasteiger partial charge in [-0.2, -0.15) is 4.58 Å². The highest BCUT2D eigenvalue weighted by atomic mass is 16.7. The summed E-state index contributed by atoms with van der Waals surface area (Å²) in [6.45, 7) is 15.9. The fraction of sp³-hybridized carbons (Fsp3) is 0.438. The average Bonchev–Trinajstić information content (AvgIpc) is 3.47. The molecule has 3 aromatic carbocycles. The van der Waals surface area contributed by atoms with E-state index in [1.165, 1.54) is 39.5 Å². The van der Waals surface area contributed by atoms with Gasteiger partial charge in [0.05, 0.1) is 72.8 Å². The lowest BCUT2D eigenvalue weighted by molar-refractivity contribution is -0.871. The van der Waals surface area contributed by atoms with Crippen molar-refractivity contribution in [3.63, 3.8) is 0 Å². The molecular weight excluding hydrogens is 665 g/mol. The molecule has 3 aromatic rings. The third kappa shape index (κ3) is 8.30. The first kappa shape index (κ1) is 39.3. The molecule has 54 heavy (non-hydrogen) atoms. The number of hydrogen-bond donors (Lipinski definition) is 0. The van der Waals surface area contributed by atoms with Gasteiger partial charge >= 0.3 is 0 Å². The lowest BCUT2D eigenvalue weighted by Crippen LogP contribution is -2.37. The van der Waals surface area contributed by atoms with Crippen LogP contribution in [0.4, 0.5) is 11.4 Å². The number of ether oxygens (including phenoxy) is 2. The molecule has 6 rings (SSSR count). The highest BCUT2D eigenvalue weighted by molar-refractivity contribution is 6.03. The van der Waals surface area contributed by atoms with Crippen molar-refractivity contribution in [3.8, 4) is 0 Å². The Morgan fingerprint density at radius 1 is 0.722 bits per heavy atom. The van der Waals surface area contributed by atoms with Gasteiger partial charge in [0.2, 0.25) is 12.5 Å². The second-order valence-electron chi connectivity index (χ2n) is 18.3. The minimum Gasteiger partial charge on any atom is -0.457 e. The zero-order chi connectivity index (χ0) is 38.9. The van der Waals surface area contributed by atoms with E-state index in [4.69, 9.17) is 9.47 Å². The van der Waals surface area contributed by atoms with Crippen LogP contribution >= 0.6 is 0 Å². The topological polar surface area (TPSA) is 24.7 Å². The van der Waals surface area contributed by atoms with Gasteiger partial charge in [-0.3, -0.25) is 0 Å². The van der Waals surface area contributed by atoms with Gasteiger partial charge in [0, 0.05) is 47.5 Å². The number of fused-ring (bicyclic) bond motifs is 2. The molecule has 6 heteroatoms. The third-order valence-corrected chi connectivity index (χ3v) is 11.4. The highest BCUT2D eigenvalue weighted by Gasteiger charge is 2.44. The molecule has 0 bridgehead atoms. The minimum atomic E-state index is -0.153. The maximum atomic E-state index is 6.43. The predicted octanol–water partition coefficient (Wildman–Crippen LogP) is 9.36. The first-order valence-corrected chi connectivity index (χ1v) is 19.9. The molecule has 0 N–H and O–H groups in total. The molecule has 3 aliphatic rings. The quantitative estimate of drug-likeness (QED) is 0.130. The molecule has 0 saturated carbocycles. The second-order valence-corrected chi connectivity index (χ2v) is 18.3. The van der Waals surface area contributed by atoms with E-state index < -0.39 is 0 Å². The van der Waals surface area contributed by atoms with Crippen LogP contribution in [0, 0.1) is 0 Å². The summed E-state index contributed by atoms with van der Waals surface area (Å²) in [6.07, 6.45) is 12.2. The summed E-state index contributed by atoms with van der Waals surface area (Å²) >= 11 is 0. The van der Waals surface area contributed by atoms with Gasteiger partial charge in [-0.05, 0) is 61.3 Å². The van der Waals surface area contributed by atoms with E-state index in [1.54, 1.807) is 0 Å². The monoisotopic (exact) mass is 730 g/mol. The lowest BCUT2D eigenvalue weighted by Gasteiger charge is -2.29. The Balaban J connectivity index is 1.44. The average molecular weight is 730 g/mol. The van der Waals surface area contributed by atoms with Gasteiger partial charge in [-0.15, -0.1) is 0 Å². The minimum absolute atomic E-state index is 0.153. The Hall–Kier alpha value is -4.39. The molecule has 0 aliphatic carbocycles. The van der Waals surface area contributed by atoms with Crippen LogP contribution in [0.25, 0.3) is 5.57 Å². The second kappa shape index (κ2) is 15.4. The Morgan fingerprint density at radius 3 is 2.06 bits per heavy atom. The summed E-state index contributed by atoms with van der Waals surface area (Å²) in [5, 5.41) is 0. The fourth-order valence-electron chi connectivity index (χ4n) is 8.36. The largest absolute Gasteiger partial charge is 0.457 e. The van der Waals surface area contributed by atoms with Crippen molar-refractivity contribution in [3.05, 3.63) is 137 Å². The van der Waals surface area contributed by atoms with Crippen molar-refractivity contribution in [2.24, 2.45) is 0 Å². The lowest BCUT2D eigenvalue weighted by atomic mass is 9.81. The van der Waals surface area contributed by atoms with Crippen LogP contribution in [-0.4, -0.2) is 94.5 Å². The Kier molecular flexibility index (Phi) is 11.2. The van der Waals surface area contributed by atoms with E-state index in [1.807, 2.05) is 0 Å². The molecule has 0 saturated heterocycles. The van der Waals surface area contributed by atoms with Gasteiger partial charge in [-0.25, -0.2) is 0 Å². The molecule has 0 radical (unpaired) electrons. The third-order valence-electron chi connectivity index (χ3n) is 11.4. The van der Waals surface area contributed by atoms with Crippen molar-refractivity contribution in [2.75, 3.05) is 80.2 Å². The SMILES string of the molecule is CCc1ccc(C2=C(/C=C/C3=[N+](CCC[N+](C)(C)C)c4ccccc4C3(C)C)OCO/C2=C\C=C2\N(CCC[N+](C)(C)C)c3ccccc3C2(C)C)cc1. The van der Waals surface area contributed by atoms with E-state index in [9.17, 15) is 0 Å². The number of allylic oxidation sites excluding steroid dienone is 6. The first-order chi connectivity index (χ1) is 25.5. The number of quaternary nitrogens is 2. The van der Waals surface area contributed by atoms with Crippen LogP contribution in [-0.2, 0) is 26.7 Å². The Morgan fingerprint density at radius 2 is 1.37 bits per heavy atom. The van der Waals surface area contributed by atoms with Crippen molar-refractivity contribution >= 4 is 22.7 Å². The summed E-state index contributed by atoms with van der Waals surface area (Å²) in [5.41, 5.74) is 11.0. The van der Waals surface area contributed by atoms with Crippen molar-refractivity contribution in [1.82, 2.24) is 0 Å². The molecule has 0 spiro atoms. The Labute approximate surface area is 326 Å². The van der Waals surface area contributed by atoms with E-state index in [2.05, 4.69) is 183 Å². The number of benzene rings is 3. The predicted molar refractivity (Wildman–Crippen MR) is 226 cm³/mol. The highest BCUT2D eigenvalue weighted by Crippen LogP contribution is 2.48. The first-order valence-electron chi connectivity index (χ1n) is 19.9. The van der Waals surface area contributed by atoms with Gasteiger partial charge in [0.1, 0.15) is 11.5 Å². The van der Waals surface area contributed by atoms with E-state index in [0.717, 1.165) is 77.1 Å². The fourth-order valence-corrected chi connectivity index (χ4v) is 8.36. The summed E-state index contributed by atoms with van der Waals surface area (Å²) < 4.78 is 17.3. The van der Waals surface area contributed by atoms with Crippen LogP contribution < -0.4 is 4.90 Å². The molecule has 3 aliphatic heterocycles. The van der Waals surface area contributed by atoms with E-state index in [-0.39, 0.29) is 17.6 Å². The van der Waals surface area contributed by atoms with Crippen LogP contribution in [0.3, 0.4) is 0 Å². The number of aryl methyl sites for hydroxylation is 1. The smallest absolute Gasteiger partial charge is 0.230 e. The Bertz CT molecular complexity index is 1990. The maximum absolute atomic E-state index is 6.43. The van der Waals surface area contributed by atoms with Crippen molar-refractivity contribution < 1.29 is 23.0 Å². The molecule has 0 atom stereocenters. The van der Waals surface area contributed by atoms with E-state index >= 15 is 0 Å². The molecule has 0 unspecified atom stereocenters. The standard InChI is InChI=1S/C48H65N4O2/c1-12-36-23-25-37(26-24-36)46-42(27-29-44-47(2,3)38-19-13-15-21-40(38)49(44)31-17-33-51(6,7)8)53-35-54-43(46)28-30-45-48(4,5)39-20-14-16-22-41(39)50(45)32-18-34-52(9,10)11/h13-16,19-30H,12,17-18,31-35H2,1-11H3/q+3. The number of nitrogens with zero attached hydrogens (tertiary/aromatic N) is 4. The number of anilines is 1. The molecule has 0 fully saturated rings. The summed E-state index contributed by atoms with van der Waals surface area (Å²) in [4.78, 5) is 2.53. The molecule has 0 aromatic heterocycles. The van der Waals surface area contributed by atoms with Crippen molar-refractivity contribution in [1.29, 1.82) is 0 Å². The summed E-state index contributed by atoms with van der Waals surface area (Å²) in [5.74, 6) is 1.66.